The largest absolute Gasteiger partial charge is 0.345 e. The van der Waals surface area contributed by atoms with E-state index in [1.54, 1.807) is 0 Å². The Balaban J connectivity index is 2.52. The zero-order chi connectivity index (χ0) is 11.5. The molecular formula is C14H20N2. The number of aryl methyl sites for hydroxylation is 3. The van der Waals surface area contributed by atoms with Gasteiger partial charge in [-0.15, -0.1) is 0 Å². The molecule has 2 rings (SSSR count). The van der Waals surface area contributed by atoms with Crippen LogP contribution in [0.25, 0.3) is 10.9 Å². The highest BCUT2D eigenvalue weighted by molar-refractivity contribution is 5.84. The van der Waals surface area contributed by atoms with Gasteiger partial charge in [-0.1, -0.05) is 12.1 Å². The first-order valence-corrected chi connectivity index (χ1v) is 6.05. The van der Waals surface area contributed by atoms with Crippen LogP contribution >= 0.6 is 0 Å². The van der Waals surface area contributed by atoms with Gasteiger partial charge in [-0.05, 0) is 50.9 Å². The van der Waals surface area contributed by atoms with Gasteiger partial charge in [0.15, 0.2) is 0 Å². The second-order valence-electron chi connectivity index (χ2n) is 4.28. The van der Waals surface area contributed by atoms with Crippen molar-refractivity contribution < 1.29 is 0 Å². The van der Waals surface area contributed by atoms with E-state index in [-0.39, 0.29) is 0 Å². The van der Waals surface area contributed by atoms with Gasteiger partial charge in [0.25, 0.3) is 0 Å². The molecule has 86 valence electrons. The molecule has 16 heavy (non-hydrogen) atoms. The molecular weight excluding hydrogens is 196 g/mol. The van der Waals surface area contributed by atoms with E-state index in [4.69, 9.17) is 5.73 Å². The number of nitrogens with zero attached hydrogens (tertiary/aromatic N) is 1. The zero-order valence-corrected chi connectivity index (χ0v) is 10.2. The Hall–Kier alpha value is -1.28. The Morgan fingerprint density at radius 3 is 2.81 bits per heavy atom. The summed E-state index contributed by atoms with van der Waals surface area (Å²) in [6.45, 7) is 6.18. The van der Waals surface area contributed by atoms with Gasteiger partial charge >= 0.3 is 0 Å². The molecule has 0 saturated heterocycles. The minimum Gasteiger partial charge on any atom is -0.345 e. The molecule has 0 bridgehead atoms. The second kappa shape index (κ2) is 4.71. The first-order chi connectivity index (χ1) is 7.77. The van der Waals surface area contributed by atoms with Crippen LogP contribution < -0.4 is 5.73 Å². The van der Waals surface area contributed by atoms with Crippen LogP contribution in [-0.4, -0.2) is 11.1 Å². The third-order valence-corrected chi connectivity index (χ3v) is 3.20. The molecule has 2 N–H and O–H groups in total. The Labute approximate surface area is 97.1 Å². The van der Waals surface area contributed by atoms with Gasteiger partial charge < -0.3 is 10.3 Å². The highest BCUT2D eigenvalue weighted by Gasteiger charge is 2.08. The van der Waals surface area contributed by atoms with Gasteiger partial charge in [0.1, 0.15) is 0 Å². The standard InChI is InChI=1S/C14H20N2/c1-3-16-12(7-5-9-15)10-13-11(2)6-4-8-14(13)16/h4,6,8,10H,3,5,7,9,15H2,1-2H3. The summed E-state index contributed by atoms with van der Waals surface area (Å²) < 4.78 is 2.40. The highest BCUT2D eigenvalue weighted by atomic mass is 15.0. The Morgan fingerprint density at radius 2 is 2.12 bits per heavy atom. The molecule has 0 amide bonds. The van der Waals surface area contributed by atoms with Gasteiger partial charge in [0.2, 0.25) is 0 Å². The summed E-state index contributed by atoms with van der Waals surface area (Å²) >= 11 is 0. The number of aromatic nitrogens is 1. The van der Waals surface area contributed by atoms with Crippen LogP contribution in [0.1, 0.15) is 24.6 Å². The summed E-state index contributed by atoms with van der Waals surface area (Å²) in [6.07, 6.45) is 2.15. The van der Waals surface area contributed by atoms with E-state index in [0.29, 0.717) is 0 Å². The molecule has 1 aromatic carbocycles. The van der Waals surface area contributed by atoms with Gasteiger partial charge in [0, 0.05) is 23.1 Å². The zero-order valence-electron chi connectivity index (χ0n) is 10.2. The summed E-state index contributed by atoms with van der Waals surface area (Å²) in [5.41, 5.74) is 9.71. The van der Waals surface area contributed by atoms with E-state index in [1.807, 2.05) is 0 Å². The fourth-order valence-corrected chi connectivity index (χ4v) is 2.35. The maximum absolute atomic E-state index is 5.58. The molecule has 0 fully saturated rings. The third-order valence-electron chi connectivity index (χ3n) is 3.20. The van der Waals surface area contributed by atoms with Crippen LogP contribution in [0.2, 0.25) is 0 Å². The van der Waals surface area contributed by atoms with E-state index in [0.717, 1.165) is 25.9 Å². The Bertz CT molecular complexity index is 483. The highest BCUT2D eigenvalue weighted by Crippen LogP contribution is 2.23. The molecule has 0 radical (unpaired) electrons. The molecule has 0 spiro atoms. The summed E-state index contributed by atoms with van der Waals surface area (Å²) in [5.74, 6) is 0. The van der Waals surface area contributed by atoms with Crippen molar-refractivity contribution in [3.8, 4) is 0 Å². The van der Waals surface area contributed by atoms with Crippen LogP contribution in [0.15, 0.2) is 24.3 Å². The predicted octanol–water partition coefficient (Wildman–Crippen LogP) is 2.86. The van der Waals surface area contributed by atoms with Crippen LogP contribution in [0, 0.1) is 6.92 Å². The van der Waals surface area contributed by atoms with E-state index >= 15 is 0 Å². The third kappa shape index (κ3) is 1.85. The van der Waals surface area contributed by atoms with Crippen LogP contribution in [0.3, 0.4) is 0 Å². The fourth-order valence-electron chi connectivity index (χ4n) is 2.35. The first kappa shape index (κ1) is 11.2. The SMILES string of the molecule is CCn1c(CCCN)cc2c(C)cccc21. The van der Waals surface area contributed by atoms with Crippen molar-refractivity contribution in [1.29, 1.82) is 0 Å². The fraction of sp³-hybridized carbons (Fsp3) is 0.429. The number of nitrogens with two attached hydrogens (primary N) is 1. The summed E-state index contributed by atoms with van der Waals surface area (Å²) in [5, 5.41) is 1.39. The lowest BCUT2D eigenvalue weighted by Gasteiger charge is -2.07. The molecule has 0 atom stereocenters. The van der Waals surface area contributed by atoms with E-state index in [9.17, 15) is 0 Å². The van der Waals surface area contributed by atoms with Gasteiger partial charge in [-0.25, -0.2) is 0 Å². The maximum atomic E-state index is 5.58. The normalized spacial score (nSPS) is 11.2. The lowest BCUT2D eigenvalue weighted by molar-refractivity contribution is 0.707. The lowest BCUT2D eigenvalue weighted by Crippen LogP contribution is -2.05. The number of benzene rings is 1. The predicted molar refractivity (Wildman–Crippen MR) is 69.7 cm³/mol. The number of hydrogen-bond acceptors (Lipinski definition) is 1. The Morgan fingerprint density at radius 1 is 1.31 bits per heavy atom. The number of rotatable bonds is 4. The number of fused-ring (bicyclic) bond motifs is 1. The molecule has 0 unspecified atom stereocenters. The number of hydrogen-bond donors (Lipinski definition) is 1. The molecule has 0 saturated carbocycles. The molecule has 2 nitrogen and oxygen atoms in total. The lowest BCUT2D eigenvalue weighted by atomic mass is 10.1. The van der Waals surface area contributed by atoms with Gasteiger partial charge in [0.05, 0.1) is 0 Å². The van der Waals surface area contributed by atoms with Crippen molar-refractivity contribution in [2.75, 3.05) is 6.54 Å². The van der Waals surface area contributed by atoms with Crippen molar-refractivity contribution in [2.45, 2.75) is 33.2 Å². The first-order valence-electron chi connectivity index (χ1n) is 6.05. The van der Waals surface area contributed by atoms with E-state index in [2.05, 4.69) is 42.7 Å². The molecule has 0 aliphatic carbocycles. The van der Waals surface area contributed by atoms with Crippen molar-refractivity contribution in [1.82, 2.24) is 4.57 Å². The molecule has 0 aliphatic heterocycles. The van der Waals surface area contributed by atoms with Crippen LogP contribution in [-0.2, 0) is 13.0 Å². The minimum atomic E-state index is 0.768. The van der Waals surface area contributed by atoms with E-state index in [1.165, 1.54) is 22.2 Å². The summed E-state index contributed by atoms with van der Waals surface area (Å²) in [7, 11) is 0. The average Bonchev–Trinajstić information content (AvgIpc) is 2.65. The summed E-state index contributed by atoms with van der Waals surface area (Å²) in [6, 6.07) is 8.84. The second-order valence-corrected chi connectivity index (χ2v) is 4.28. The molecule has 1 aromatic heterocycles. The Kier molecular flexibility index (Phi) is 3.30. The minimum absolute atomic E-state index is 0.768. The van der Waals surface area contributed by atoms with Crippen LogP contribution in [0.5, 0.6) is 0 Å². The monoisotopic (exact) mass is 216 g/mol. The van der Waals surface area contributed by atoms with Crippen LogP contribution in [0.4, 0.5) is 0 Å². The van der Waals surface area contributed by atoms with Crippen molar-refractivity contribution in [2.24, 2.45) is 5.73 Å². The quantitative estimate of drug-likeness (QED) is 0.837. The maximum Gasteiger partial charge on any atom is 0.0485 e. The molecule has 2 heteroatoms. The molecule has 2 aromatic rings. The average molecular weight is 216 g/mol. The van der Waals surface area contributed by atoms with E-state index < -0.39 is 0 Å². The van der Waals surface area contributed by atoms with Crippen molar-refractivity contribution in [3.63, 3.8) is 0 Å². The van der Waals surface area contributed by atoms with Gasteiger partial charge in [-0.2, -0.15) is 0 Å². The summed E-state index contributed by atoms with van der Waals surface area (Å²) in [4.78, 5) is 0. The molecule has 0 aliphatic rings. The van der Waals surface area contributed by atoms with Crippen molar-refractivity contribution in [3.05, 3.63) is 35.5 Å². The van der Waals surface area contributed by atoms with Gasteiger partial charge in [-0.3, -0.25) is 0 Å². The van der Waals surface area contributed by atoms with Crippen molar-refractivity contribution >= 4 is 10.9 Å². The topological polar surface area (TPSA) is 30.9 Å². The molecule has 1 heterocycles. The smallest absolute Gasteiger partial charge is 0.0485 e.